The van der Waals surface area contributed by atoms with E-state index in [2.05, 4.69) is 12.2 Å². The maximum atomic E-state index is 11.6. The van der Waals surface area contributed by atoms with Gasteiger partial charge in [0.05, 0.1) is 0 Å². The third-order valence-electron chi connectivity index (χ3n) is 2.80. The Balaban J connectivity index is 2.23. The Bertz CT molecular complexity index is 287. The van der Waals surface area contributed by atoms with Gasteiger partial charge in [0, 0.05) is 11.4 Å². The number of allylic oxidation sites excluding steroid dienone is 1. The van der Waals surface area contributed by atoms with E-state index in [0.717, 1.165) is 11.4 Å². The molecule has 0 aromatic heterocycles. The Labute approximate surface area is 82.6 Å². The summed E-state index contributed by atoms with van der Waals surface area (Å²) in [4.78, 5) is 13.5. The fourth-order valence-electron chi connectivity index (χ4n) is 1.78. The first-order valence-electron chi connectivity index (χ1n) is 4.45. The van der Waals surface area contributed by atoms with Crippen LogP contribution >= 0.6 is 11.8 Å². The zero-order chi connectivity index (χ0) is 9.59. The third kappa shape index (κ3) is 1.12. The van der Waals surface area contributed by atoms with Gasteiger partial charge in [-0.3, -0.25) is 4.79 Å². The van der Waals surface area contributed by atoms with Crippen molar-refractivity contribution in [3.05, 3.63) is 11.3 Å². The molecule has 4 heteroatoms. The van der Waals surface area contributed by atoms with E-state index >= 15 is 0 Å². The number of nitrogens with one attached hydrogen (secondary N) is 1. The van der Waals surface area contributed by atoms with Crippen molar-refractivity contribution in [3.63, 3.8) is 0 Å². The molecule has 0 aromatic rings. The maximum absolute atomic E-state index is 11.6. The molecule has 0 radical (unpaired) electrons. The molecule has 1 saturated heterocycles. The topological polar surface area (TPSA) is 32.3 Å². The molecule has 0 bridgehead atoms. The largest absolute Gasteiger partial charge is 0.306 e. The first-order valence-corrected chi connectivity index (χ1v) is 5.50. The molecule has 2 atom stereocenters. The second-order valence-corrected chi connectivity index (χ2v) is 4.65. The second-order valence-electron chi connectivity index (χ2n) is 3.54. The van der Waals surface area contributed by atoms with E-state index in [1.54, 1.807) is 0 Å². The van der Waals surface area contributed by atoms with Crippen LogP contribution in [0.1, 0.15) is 13.8 Å². The summed E-state index contributed by atoms with van der Waals surface area (Å²) in [5, 5.41) is 3.39. The minimum absolute atomic E-state index is 0.0352. The van der Waals surface area contributed by atoms with Crippen LogP contribution < -0.4 is 5.32 Å². The van der Waals surface area contributed by atoms with Crippen molar-refractivity contribution in [1.29, 1.82) is 0 Å². The third-order valence-corrected chi connectivity index (χ3v) is 4.23. The lowest BCUT2D eigenvalue weighted by molar-refractivity contribution is -0.142. The summed E-state index contributed by atoms with van der Waals surface area (Å²) < 4.78 is 0. The predicted molar refractivity (Wildman–Crippen MR) is 54.3 cm³/mol. The second kappa shape index (κ2) is 3.03. The Kier molecular flexibility index (Phi) is 2.12. The molecular formula is C9H14N2OS. The predicted octanol–water partition coefficient (Wildman–Crippen LogP) is 0.783. The Hall–Kier alpha value is -0.480. The number of amides is 1. The lowest BCUT2D eigenvalue weighted by Gasteiger charge is -2.49. The van der Waals surface area contributed by atoms with Crippen LogP contribution in [-0.2, 0) is 4.79 Å². The van der Waals surface area contributed by atoms with Crippen LogP contribution in [0, 0.1) is 0 Å². The minimum Gasteiger partial charge on any atom is -0.306 e. The molecule has 1 amide bonds. The van der Waals surface area contributed by atoms with Gasteiger partial charge < -0.3 is 10.2 Å². The van der Waals surface area contributed by atoms with E-state index in [0.29, 0.717) is 5.37 Å². The van der Waals surface area contributed by atoms with Gasteiger partial charge in [-0.25, -0.2) is 0 Å². The molecule has 0 spiro atoms. The number of β-lactam (4-membered cyclic amide) rings is 1. The van der Waals surface area contributed by atoms with E-state index < -0.39 is 0 Å². The van der Waals surface area contributed by atoms with Gasteiger partial charge in [-0.2, -0.15) is 0 Å². The smallest absolute Gasteiger partial charge is 0.247 e. The average Bonchev–Trinajstić information content (AvgIpc) is 2.10. The van der Waals surface area contributed by atoms with Crippen molar-refractivity contribution in [3.8, 4) is 0 Å². The number of nitrogens with zero attached hydrogens (tertiary/aromatic N) is 1. The van der Waals surface area contributed by atoms with Crippen molar-refractivity contribution >= 4 is 17.7 Å². The summed E-state index contributed by atoms with van der Waals surface area (Å²) in [6, 6.07) is 0.0352. The summed E-state index contributed by atoms with van der Waals surface area (Å²) in [6.45, 7) is 4.13. The van der Waals surface area contributed by atoms with Gasteiger partial charge in [-0.05, 0) is 26.5 Å². The molecule has 13 heavy (non-hydrogen) atoms. The van der Waals surface area contributed by atoms with Gasteiger partial charge in [-0.1, -0.05) is 0 Å². The van der Waals surface area contributed by atoms with Crippen molar-refractivity contribution < 1.29 is 4.79 Å². The molecule has 3 nitrogen and oxygen atoms in total. The highest BCUT2D eigenvalue weighted by Gasteiger charge is 2.49. The van der Waals surface area contributed by atoms with Crippen molar-refractivity contribution in [2.45, 2.75) is 25.3 Å². The Morgan fingerprint density at radius 1 is 1.54 bits per heavy atom. The molecule has 0 unspecified atom stereocenters. The lowest BCUT2D eigenvalue weighted by Crippen LogP contribution is -2.68. The zero-order valence-corrected chi connectivity index (χ0v) is 8.94. The fraction of sp³-hybridized carbons (Fsp3) is 0.667. The summed E-state index contributed by atoms with van der Waals surface area (Å²) in [7, 11) is 1.85. The van der Waals surface area contributed by atoms with Crippen LogP contribution in [0.4, 0.5) is 0 Å². The van der Waals surface area contributed by atoms with Crippen LogP contribution in [0.2, 0.25) is 0 Å². The van der Waals surface area contributed by atoms with E-state index in [1.165, 1.54) is 5.57 Å². The summed E-state index contributed by atoms with van der Waals surface area (Å²) in [5.41, 5.74) is 2.48. The number of carbonyl (C=O) groups is 1. The number of likely N-dealkylation sites (N-methyl/N-ethyl adjacent to an activating group) is 1. The first kappa shape index (κ1) is 9.09. The highest BCUT2D eigenvalue weighted by atomic mass is 32.2. The summed E-state index contributed by atoms with van der Waals surface area (Å²) >= 11 is 1.85. The van der Waals surface area contributed by atoms with E-state index in [9.17, 15) is 4.79 Å². The van der Waals surface area contributed by atoms with Crippen molar-refractivity contribution in [2.24, 2.45) is 0 Å². The maximum Gasteiger partial charge on any atom is 0.247 e. The van der Waals surface area contributed by atoms with Crippen molar-refractivity contribution in [2.75, 3.05) is 12.8 Å². The molecule has 0 aliphatic carbocycles. The minimum atomic E-state index is 0.0352. The number of thioether (sulfide) groups is 1. The molecule has 72 valence electrons. The van der Waals surface area contributed by atoms with Gasteiger partial charge in [0.1, 0.15) is 11.4 Å². The molecule has 1 fully saturated rings. The molecule has 0 saturated carbocycles. The Morgan fingerprint density at radius 2 is 2.23 bits per heavy atom. The molecule has 2 heterocycles. The lowest BCUT2D eigenvalue weighted by atomic mass is 10.0. The standard InChI is InChI=1S/C9H14N2OS/c1-5-4-13-9-7(10-3)8(12)11(9)6(5)2/h7,9-10H,4H2,1-3H3/t7-,9+/m1/s1. The highest BCUT2D eigenvalue weighted by molar-refractivity contribution is 8.00. The quantitative estimate of drug-likeness (QED) is 0.632. The van der Waals surface area contributed by atoms with Gasteiger partial charge >= 0.3 is 0 Å². The molecule has 0 aromatic carbocycles. The molecule has 2 rings (SSSR count). The van der Waals surface area contributed by atoms with Crippen LogP contribution in [0.15, 0.2) is 11.3 Å². The van der Waals surface area contributed by atoms with Crippen LogP contribution in [0.25, 0.3) is 0 Å². The molecule has 1 N–H and O–H groups in total. The van der Waals surface area contributed by atoms with Crippen molar-refractivity contribution in [1.82, 2.24) is 10.2 Å². The van der Waals surface area contributed by atoms with Crippen LogP contribution in [-0.4, -0.2) is 35.0 Å². The SMILES string of the molecule is CN[C@@H]1C(=O)N2C(C)=C(C)CS[C@@H]12. The number of fused-ring (bicyclic) bond motifs is 1. The molecule has 2 aliphatic rings. The van der Waals surface area contributed by atoms with Crippen LogP contribution in [0.3, 0.4) is 0 Å². The summed E-state index contributed by atoms with van der Waals surface area (Å²) in [6.07, 6.45) is 0. The normalized spacial score (nSPS) is 33.2. The number of carbonyl (C=O) groups excluding carboxylic acids is 1. The highest BCUT2D eigenvalue weighted by Crippen LogP contribution is 2.39. The molecule has 2 aliphatic heterocycles. The first-order chi connectivity index (χ1) is 6.16. The number of rotatable bonds is 1. The fourth-order valence-corrected chi connectivity index (χ4v) is 3.26. The average molecular weight is 198 g/mol. The van der Waals surface area contributed by atoms with Gasteiger partial charge in [0.2, 0.25) is 5.91 Å². The van der Waals surface area contributed by atoms with Crippen LogP contribution in [0.5, 0.6) is 0 Å². The van der Waals surface area contributed by atoms with E-state index in [4.69, 9.17) is 0 Å². The summed E-state index contributed by atoms with van der Waals surface area (Å²) in [5.74, 6) is 1.27. The van der Waals surface area contributed by atoms with Gasteiger partial charge in [0.15, 0.2) is 0 Å². The number of hydrogen-bond donors (Lipinski definition) is 1. The monoisotopic (exact) mass is 198 g/mol. The van der Waals surface area contributed by atoms with Gasteiger partial charge in [-0.15, -0.1) is 11.8 Å². The zero-order valence-electron chi connectivity index (χ0n) is 8.13. The molecular weight excluding hydrogens is 184 g/mol. The van der Waals surface area contributed by atoms with E-state index in [1.807, 2.05) is 30.6 Å². The Morgan fingerprint density at radius 3 is 2.85 bits per heavy atom. The van der Waals surface area contributed by atoms with E-state index in [-0.39, 0.29) is 11.9 Å². The number of hydrogen-bond acceptors (Lipinski definition) is 3. The van der Waals surface area contributed by atoms with Gasteiger partial charge in [0.25, 0.3) is 0 Å².